The summed E-state index contributed by atoms with van der Waals surface area (Å²) in [5.74, 6) is 0. The molecule has 12 aromatic carbocycles. The normalized spacial score (nSPS) is 12.7. The van der Waals surface area contributed by atoms with Crippen LogP contribution >= 0.6 is 0 Å². The number of hydrogen-bond donors (Lipinski definition) is 0. The van der Waals surface area contributed by atoms with E-state index in [2.05, 4.69) is 280 Å². The summed E-state index contributed by atoms with van der Waals surface area (Å²) in [6.07, 6.45) is 4.41. The molecule has 0 N–H and O–H groups in total. The molecule has 0 unspecified atom stereocenters. The van der Waals surface area contributed by atoms with Gasteiger partial charge in [-0.2, -0.15) is 0 Å². The molecule has 0 aliphatic heterocycles. The van der Waals surface area contributed by atoms with Gasteiger partial charge in [-0.1, -0.05) is 273 Å². The van der Waals surface area contributed by atoms with Crippen molar-refractivity contribution in [3.05, 3.63) is 300 Å². The van der Waals surface area contributed by atoms with E-state index in [1.807, 2.05) is 0 Å². The van der Waals surface area contributed by atoms with E-state index in [1.54, 1.807) is 0 Å². The Bertz CT molecular complexity index is 3840. The molecule has 0 radical (unpaired) electrons. The van der Waals surface area contributed by atoms with Crippen molar-refractivity contribution < 1.29 is 0 Å². The molecule has 0 saturated carbocycles. The van der Waals surface area contributed by atoms with Crippen LogP contribution in [0.4, 0.5) is 0 Å². The van der Waals surface area contributed by atoms with Gasteiger partial charge in [-0.25, -0.2) is 0 Å². The average Bonchev–Trinajstić information content (AvgIpc) is 3.73. The molecule has 13 rings (SSSR count). The third-order valence-electron chi connectivity index (χ3n) is 14.9. The van der Waals surface area contributed by atoms with Gasteiger partial charge < -0.3 is 0 Å². The highest BCUT2D eigenvalue weighted by Crippen LogP contribution is 2.56. The number of rotatable bonds is 8. The van der Waals surface area contributed by atoms with Crippen molar-refractivity contribution in [1.82, 2.24) is 0 Å². The van der Waals surface area contributed by atoms with E-state index in [9.17, 15) is 0 Å². The Morgan fingerprint density at radius 3 is 1.16 bits per heavy atom. The molecule has 0 spiro atoms. The predicted molar refractivity (Wildman–Crippen MR) is 298 cm³/mol. The van der Waals surface area contributed by atoms with Gasteiger partial charge in [0, 0.05) is 0 Å². The quantitative estimate of drug-likeness (QED) is 0.105. The number of aryl methyl sites for hydroxylation is 1. The Hall–Kier alpha value is -8.84. The predicted octanol–water partition coefficient (Wildman–Crippen LogP) is 18.7. The number of hydrogen-bond acceptors (Lipinski definition) is 0. The van der Waals surface area contributed by atoms with Crippen molar-refractivity contribution >= 4 is 44.5 Å². The van der Waals surface area contributed by atoms with Gasteiger partial charge in [0.1, 0.15) is 0 Å². The lowest BCUT2D eigenvalue weighted by atomic mass is 9.67. The smallest absolute Gasteiger partial charge is 0.0619 e. The summed E-state index contributed by atoms with van der Waals surface area (Å²) in [5, 5.41) is 7.54. The van der Waals surface area contributed by atoms with Crippen molar-refractivity contribution in [3.8, 4) is 55.6 Å². The van der Waals surface area contributed by atoms with E-state index in [-0.39, 0.29) is 0 Å². The van der Waals surface area contributed by atoms with Gasteiger partial charge in [0.05, 0.1) is 5.41 Å². The summed E-state index contributed by atoms with van der Waals surface area (Å²) < 4.78 is 0. The van der Waals surface area contributed by atoms with Crippen LogP contribution in [0.1, 0.15) is 38.9 Å². The van der Waals surface area contributed by atoms with Crippen LogP contribution in [-0.4, -0.2) is 0 Å². The minimum Gasteiger partial charge on any atom is -0.0619 e. The molecule has 12 aromatic rings. The Labute approximate surface area is 410 Å². The van der Waals surface area contributed by atoms with Crippen LogP contribution < -0.4 is 0 Å². The highest BCUT2D eigenvalue weighted by Gasteiger charge is 2.45. The first-order valence-corrected chi connectivity index (χ1v) is 24.4. The van der Waals surface area contributed by atoms with E-state index < -0.39 is 5.41 Å². The maximum atomic E-state index is 2.36. The molecule has 0 amide bonds. The van der Waals surface area contributed by atoms with E-state index in [0.717, 1.165) is 0 Å². The highest BCUT2D eigenvalue weighted by atomic mass is 14.5. The molecule has 0 fully saturated rings. The molecule has 0 saturated heterocycles. The fourth-order valence-electron chi connectivity index (χ4n) is 11.4. The molecule has 0 bridgehead atoms. The molecular formula is C70H48. The first-order valence-electron chi connectivity index (χ1n) is 24.4. The molecule has 0 nitrogen and oxygen atoms in total. The second-order valence-corrected chi connectivity index (χ2v) is 18.8. The lowest BCUT2D eigenvalue weighted by Gasteiger charge is -2.34. The number of fused-ring (bicyclic) bond motifs is 6. The molecule has 70 heavy (non-hydrogen) atoms. The maximum absolute atomic E-state index is 2.36. The van der Waals surface area contributed by atoms with Crippen LogP contribution in [0.3, 0.4) is 0 Å². The summed E-state index contributed by atoms with van der Waals surface area (Å²) in [5.41, 5.74) is 20.9. The molecular weight excluding hydrogens is 841 g/mol. The van der Waals surface area contributed by atoms with Crippen molar-refractivity contribution in [2.45, 2.75) is 12.3 Å². The van der Waals surface area contributed by atoms with Gasteiger partial charge in [-0.3, -0.25) is 0 Å². The molecule has 0 aromatic heterocycles. The number of benzene rings is 12. The van der Waals surface area contributed by atoms with Gasteiger partial charge in [0.2, 0.25) is 0 Å². The third kappa shape index (κ3) is 6.91. The zero-order valence-corrected chi connectivity index (χ0v) is 39.0. The fraction of sp³-hybridized carbons (Fsp3) is 0.0286. The first kappa shape index (κ1) is 41.4. The zero-order chi connectivity index (χ0) is 46.6. The highest BCUT2D eigenvalue weighted by molar-refractivity contribution is 6.21. The van der Waals surface area contributed by atoms with Gasteiger partial charge in [-0.15, -0.1) is 0 Å². The Morgan fingerprint density at radius 1 is 0.286 bits per heavy atom. The summed E-state index contributed by atoms with van der Waals surface area (Å²) >= 11 is 0. The van der Waals surface area contributed by atoms with Crippen molar-refractivity contribution in [2.24, 2.45) is 0 Å². The van der Waals surface area contributed by atoms with E-state index >= 15 is 0 Å². The summed E-state index contributed by atoms with van der Waals surface area (Å²) in [4.78, 5) is 0. The second-order valence-electron chi connectivity index (χ2n) is 18.8. The fourth-order valence-corrected chi connectivity index (χ4v) is 11.4. The maximum Gasteiger partial charge on any atom is 0.0713 e. The van der Waals surface area contributed by atoms with Crippen LogP contribution in [0.25, 0.3) is 100 Å². The van der Waals surface area contributed by atoms with Crippen molar-refractivity contribution in [1.29, 1.82) is 0 Å². The standard InChI is InChI=1S/C70H48/c1-47-22-42-58(43-23-47)70(66-20-10-8-14-60(66)61-15-9-11-21-67(61)70)59-44-40-52(41-45-59)51-34-37-55(38-35-51)69-64-18-6-4-16-62(64)68(63-17-5-7-19-65(63)69)54-32-28-49(29-33-54)25-24-48-26-30-53(31-27-48)57-39-36-50-12-2-3-13-56(50)46-57/h2-46H,1H3. The first-order chi connectivity index (χ1) is 34.6. The van der Waals surface area contributed by atoms with E-state index in [4.69, 9.17) is 0 Å². The lowest BCUT2D eigenvalue weighted by Crippen LogP contribution is -2.28. The minimum atomic E-state index is -0.412. The van der Waals surface area contributed by atoms with Crippen molar-refractivity contribution in [3.63, 3.8) is 0 Å². The Balaban J connectivity index is 0.808. The third-order valence-corrected chi connectivity index (χ3v) is 14.9. The zero-order valence-electron chi connectivity index (χ0n) is 39.0. The topological polar surface area (TPSA) is 0 Å². The van der Waals surface area contributed by atoms with Gasteiger partial charge in [0.25, 0.3) is 0 Å². The van der Waals surface area contributed by atoms with Crippen LogP contribution in [-0.2, 0) is 5.41 Å². The van der Waals surface area contributed by atoms with Crippen LogP contribution in [0.15, 0.2) is 261 Å². The molecule has 1 aliphatic carbocycles. The van der Waals surface area contributed by atoms with Crippen LogP contribution in [0, 0.1) is 6.92 Å². The van der Waals surface area contributed by atoms with Gasteiger partial charge in [-0.05, 0) is 134 Å². The van der Waals surface area contributed by atoms with Crippen LogP contribution in [0.5, 0.6) is 0 Å². The largest absolute Gasteiger partial charge is 0.0713 e. The molecule has 1 aliphatic rings. The minimum absolute atomic E-state index is 0.412. The molecule has 0 heteroatoms. The summed E-state index contributed by atoms with van der Waals surface area (Å²) in [7, 11) is 0. The Kier molecular flexibility index (Phi) is 10.1. The van der Waals surface area contributed by atoms with E-state index in [0.29, 0.717) is 0 Å². The molecule has 0 heterocycles. The lowest BCUT2D eigenvalue weighted by molar-refractivity contribution is 0.768. The molecule has 0 atom stereocenters. The second kappa shape index (κ2) is 17.0. The monoisotopic (exact) mass is 888 g/mol. The summed E-state index contributed by atoms with van der Waals surface area (Å²) in [6.45, 7) is 2.17. The Morgan fingerprint density at radius 2 is 0.643 bits per heavy atom. The van der Waals surface area contributed by atoms with Gasteiger partial charge >= 0.3 is 0 Å². The van der Waals surface area contributed by atoms with Crippen molar-refractivity contribution in [2.75, 3.05) is 0 Å². The molecule has 328 valence electrons. The van der Waals surface area contributed by atoms with Gasteiger partial charge in [0.15, 0.2) is 0 Å². The average molecular weight is 889 g/mol. The SMILES string of the molecule is Cc1ccc(C2(c3ccc(-c4ccc(-c5c6ccccc6c(-c6ccc(C=Cc7ccc(-c8ccc9ccccc9c8)cc7)cc6)c6ccccc56)cc4)cc3)c3ccccc3-c3ccccc32)cc1. The van der Waals surface area contributed by atoms with E-state index in [1.165, 1.54) is 127 Å². The summed E-state index contributed by atoms with van der Waals surface area (Å²) in [6, 6.07) is 96.6. The van der Waals surface area contributed by atoms with Crippen LogP contribution in [0.2, 0.25) is 0 Å².